The average Bonchev–Trinajstić information content (AvgIpc) is 2.96. The van der Waals surface area contributed by atoms with Crippen molar-refractivity contribution in [3.05, 3.63) is 88.4 Å². The Morgan fingerprint density at radius 1 is 0.975 bits per heavy atom. The van der Waals surface area contributed by atoms with E-state index >= 15 is 0 Å². The van der Waals surface area contributed by atoms with E-state index in [2.05, 4.69) is 5.32 Å². The second-order valence-corrected chi connectivity index (χ2v) is 11.7. The SMILES string of the molecule is CCCNC(=O)C(CC)N(Cc1ccc(Cl)cc1Cl)C(=O)CN(c1ccccc1)S(=O)(=O)c1ccc(OC)cc1. The minimum atomic E-state index is -4.17. The Bertz CT molecular complexity index is 1400. The highest BCUT2D eigenvalue weighted by Gasteiger charge is 2.33. The van der Waals surface area contributed by atoms with Gasteiger partial charge in [0.15, 0.2) is 0 Å². The fourth-order valence-electron chi connectivity index (χ4n) is 4.12. The van der Waals surface area contributed by atoms with Crippen LogP contribution < -0.4 is 14.4 Å². The molecule has 3 aromatic rings. The summed E-state index contributed by atoms with van der Waals surface area (Å²) in [7, 11) is -2.69. The van der Waals surface area contributed by atoms with Crippen molar-refractivity contribution in [3.8, 4) is 5.75 Å². The molecule has 40 heavy (non-hydrogen) atoms. The zero-order valence-electron chi connectivity index (χ0n) is 22.6. The Morgan fingerprint density at radius 2 is 1.65 bits per heavy atom. The number of sulfonamides is 1. The maximum Gasteiger partial charge on any atom is 0.264 e. The second-order valence-electron chi connectivity index (χ2n) is 9.00. The molecule has 0 saturated carbocycles. The van der Waals surface area contributed by atoms with Crippen molar-refractivity contribution in [2.24, 2.45) is 0 Å². The Labute approximate surface area is 245 Å². The molecule has 214 valence electrons. The Morgan fingerprint density at radius 3 is 2.23 bits per heavy atom. The number of amides is 2. The van der Waals surface area contributed by atoms with Gasteiger partial charge in [-0.2, -0.15) is 0 Å². The van der Waals surface area contributed by atoms with Crippen molar-refractivity contribution < 1.29 is 22.7 Å². The number of carbonyl (C=O) groups is 2. The summed E-state index contributed by atoms with van der Waals surface area (Å²) in [6.45, 7) is 3.61. The van der Waals surface area contributed by atoms with E-state index in [0.29, 0.717) is 40.0 Å². The fraction of sp³-hybridized carbons (Fsp3) is 0.310. The predicted molar refractivity (Wildman–Crippen MR) is 158 cm³/mol. The standard InChI is InChI=1S/C29H33Cl2N3O5S/c1-4-17-32-29(36)27(5-2)33(19-21-11-12-22(30)18-26(21)31)28(35)20-34(23-9-7-6-8-10-23)40(37,38)25-15-13-24(39-3)14-16-25/h6-16,18,27H,4-5,17,19-20H2,1-3H3,(H,32,36). The maximum atomic E-state index is 14.0. The van der Waals surface area contributed by atoms with Crippen LogP contribution in [0.5, 0.6) is 5.75 Å². The molecule has 1 unspecified atom stereocenters. The third-order valence-electron chi connectivity index (χ3n) is 6.26. The molecule has 0 heterocycles. The number of ether oxygens (including phenoxy) is 1. The van der Waals surface area contributed by atoms with Gasteiger partial charge >= 0.3 is 0 Å². The summed E-state index contributed by atoms with van der Waals surface area (Å²) in [6.07, 6.45) is 1.03. The van der Waals surface area contributed by atoms with Crippen molar-refractivity contribution >= 4 is 50.7 Å². The topological polar surface area (TPSA) is 96.0 Å². The molecule has 0 radical (unpaired) electrons. The lowest BCUT2D eigenvalue weighted by molar-refractivity contribution is -0.140. The lowest BCUT2D eigenvalue weighted by atomic mass is 10.1. The van der Waals surface area contributed by atoms with E-state index in [4.69, 9.17) is 27.9 Å². The van der Waals surface area contributed by atoms with Gasteiger partial charge in [0, 0.05) is 23.1 Å². The van der Waals surface area contributed by atoms with Crippen LogP contribution in [0.25, 0.3) is 0 Å². The van der Waals surface area contributed by atoms with Gasteiger partial charge in [0.05, 0.1) is 17.7 Å². The lowest BCUT2D eigenvalue weighted by Gasteiger charge is -2.33. The molecule has 3 rings (SSSR count). The molecule has 3 aromatic carbocycles. The Kier molecular flexibility index (Phi) is 11.2. The molecule has 0 fully saturated rings. The first kappa shape index (κ1) is 31.3. The Balaban J connectivity index is 2.04. The van der Waals surface area contributed by atoms with E-state index in [9.17, 15) is 18.0 Å². The van der Waals surface area contributed by atoms with Crippen molar-refractivity contribution in [2.45, 2.75) is 44.2 Å². The Hall–Kier alpha value is -3.27. The molecule has 1 atom stereocenters. The molecule has 0 aromatic heterocycles. The van der Waals surface area contributed by atoms with Crippen LogP contribution >= 0.6 is 23.2 Å². The van der Waals surface area contributed by atoms with Crippen LogP contribution in [0.15, 0.2) is 77.7 Å². The summed E-state index contributed by atoms with van der Waals surface area (Å²) in [5, 5.41) is 3.61. The molecule has 0 bridgehead atoms. The number of carbonyl (C=O) groups excluding carboxylic acids is 2. The highest BCUT2D eigenvalue weighted by molar-refractivity contribution is 7.92. The van der Waals surface area contributed by atoms with E-state index in [0.717, 1.165) is 10.7 Å². The highest BCUT2D eigenvalue weighted by Crippen LogP contribution is 2.27. The number of hydrogen-bond donors (Lipinski definition) is 1. The first-order valence-electron chi connectivity index (χ1n) is 12.8. The normalized spacial score (nSPS) is 11.9. The lowest BCUT2D eigenvalue weighted by Crippen LogP contribution is -2.52. The highest BCUT2D eigenvalue weighted by atomic mass is 35.5. The summed E-state index contributed by atoms with van der Waals surface area (Å²) in [5.74, 6) is -0.395. The monoisotopic (exact) mass is 605 g/mol. The summed E-state index contributed by atoms with van der Waals surface area (Å²) in [5.41, 5.74) is 0.880. The smallest absolute Gasteiger partial charge is 0.264 e. The van der Waals surface area contributed by atoms with Crippen molar-refractivity contribution in [3.63, 3.8) is 0 Å². The van der Waals surface area contributed by atoms with Gasteiger partial charge in [-0.25, -0.2) is 8.42 Å². The third kappa shape index (κ3) is 7.68. The van der Waals surface area contributed by atoms with Gasteiger partial charge in [-0.15, -0.1) is 0 Å². The van der Waals surface area contributed by atoms with Crippen molar-refractivity contribution in [2.75, 3.05) is 24.5 Å². The zero-order chi connectivity index (χ0) is 29.3. The maximum absolute atomic E-state index is 14.0. The average molecular weight is 607 g/mol. The second kappa shape index (κ2) is 14.4. The molecule has 0 aliphatic carbocycles. The van der Waals surface area contributed by atoms with Crippen LogP contribution in [0.2, 0.25) is 10.0 Å². The first-order chi connectivity index (χ1) is 19.1. The number of nitrogens with zero attached hydrogens (tertiary/aromatic N) is 2. The first-order valence-corrected chi connectivity index (χ1v) is 15.0. The van der Waals surface area contributed by atoms with Crippen LogP contribution in [0.4, 0.5) is 5.69 Å². The van der Waals surface area contributed by atoms with Crippen LogP contribution in [0.3, 0.4) is 0 Å². The van der Waals surface area contributed by atoms with E-state index in [1.54, 1.807) is 55.5 Å². The number of nitrogens with one attached hydrogen (secondary N) is 1. The molecule has 2 amide bonds. The number of anilines is 1. The summed E-state index contributed by atoms with van der Waals surface area (Å²) < 4.78 is 33.9. The van der Waals surface area contributed by atoms with Crippen LogP contribution in [-0.4, -0.2) is 51.4 Å². The third-order valence-corrected chi connectivity index (χ3v) is 8.64. The number of rotatable bonds is 13. The van der Waals surface area contributed by atoms with Gasteiger partial charge in [-0.1, -0.05) is 61.3 Å². The summed E-state index contributed by atoms with van der Waals surface area (Å²) >= 11 is 12.5. The molecule has 1 N–H and O–H groups in total. The summed E-state index contributed by atoms with van der Waals surface area (Å²) in [4.78, 5) is 28.5. The molecule has 11 heteroatoms. The van der Waals surface area contributed by atoms with Crippen LogP contribution in [0, 0.1) is 0 Å². The van der Waals surface area contributed by atoms with Gasteiger partial charge in [-0.3, -0.25) is 13.9 Å². The van der Waals surface area contributed by atoms with Gasteiger partial charge in [0.1, 0.15) is 18.3 Å². The largest absolute Gasteiger partial charge is 0.497 e. The minimum Gasteiger partial charge on any atom is -0.497 e. The van der Waals surface area contributed by atoms with Crippen LogP contribution in [0.1, 0.15) is 32.3 Å². The number of methoxy groups -OCH3 is 1. The summed E-state index contributed by atoms with van der Waals surface area (Å²) in [6, 6.07) is 18.3. The zero-order valence-corrected chi connectivity index (χ0v) is 25.0. The van der Waals surface area contributed by atoms with Crippen molar-refractivity contribution in [1.29, 1.82) is 0 Å². The molecule has 8 nitrogen and oxygen atoms in total. The number of hydrogen-bond acceptors (Lipinski definition) is 5. The van der Waals surface area contributed by atoms with Crippen molar-refractivity contribution in [1.82, 2.24) is 10.2 Å². The fourth-order valence-corrected chi connectivity index (χ4v) is 6.00. The number of para-hydroxylation sites is 1. The number of halogens is 2. The van der Waals surface area contributed by atoms with Gasteiger partial charge < -0.3 is 15.0 Å². The van der Waals surface area contributed by atoms with E-state index in [-0.39, 0.29) is 17.3 Å². The van der Waals surface area contributed by atoms with E-state index in [1.165, 1.54) is 36.3 Å². The van der Waals surface area contributed by atoms with E-state index < -0.39 is 28.5 Å². The molecule has 0 aliphatic heterocycles. The van der Waals surface area contributed by atoms with Gasteiger partial charge in [-0.05, 0) is 66.9 Å². The predicted octanol–water partition coefficient (Wildman–Crippen LogP) is 5.53. The minimum absolute atomic E-state index is 0.00928. The van der Waals surface area contributed by atoms with Crippen LogP contribution in [-0.2, 0) is 26.2 Å². The number of benzene rings is 3. The molecule has 0 aliphatic rings. The van der Waals surface area contributed by atoms with Gasteiger partial charge in [0.25, 0.3) is 10.0 Å². The molecule has 0 saturated heterocycles. The van der Waals surface area contributed by atoms with Gasteiger partial charge in [0.2, 0.25) is 11.8 Å². The molecular weight excluding hydrogens is 573 g/mol. The van der Waals surface area contributed by atoms with E-state index in [1.807, 2.05) is 6.92 Å². The molecule has 0 spiro atoms. The molecular formula is C29H33Cl2N3O5S. The quantitative estimate of drug-likeness (QED) is 0.276.